The zero-order chi connectivity index (χ0) is 56.6. The van der Waals surface area contributed by atoms with E-state index in [-0.39, 0.29) is 54.9 Å². The van der Waals surface area contributed by atoms with Gasteiger partial charge in [0.25, 0.3) is 0 Å². The minimum Gasteiger partial charge on any atom is -0.507 e. The van der Waals surface area contributed by atoms with Crippen molar-refractivity contribution in [3.8, 4) is 62.2 Å². The first-order chi connectivity index (χ1) is 38.7. The minimum absolute atomic E-state index is 0. The maximum atomic E-state index is 12.7. The molecule has 0 spiro atoms. The Labute approximate surface area is 494 Å². The summed E-state index contributed by atoms with van der Waals surface area (Å²) in [6, 6.07) is 61.9. The van der Waals surface area contributed by atoms with E-state index in [0.717, 1.165) is 128 Å². The van der Waals surface area contributed by atoms with E-state index in [4.69, 9.17) is 18.8 Å². The monoisotopic (exact) mass is 1260 g/mol. The van der Waals surface area contributed by atoms with Crippen LogP contribution in [-0.2, 0) is 37.3 Å². The smallest absolute Gasteiger partial charge is 0.161 e. The molecule has 0 atom stereocenters. The van der Waals surface area contributed by atoms with Crippen LogP contribution < -0.4 is 0 Å². The van der Waals surface area contributed by atoms with Gasteiger partial charge in [-0.1, -0.05) is 204 Å². The molecule has 0 bridgehead atoms. The molecule has 4 aromatic heterocycles. The average molecular weight is 1260 g/mol. The van der Waals surface area contributed by atoms with Crippen LogP contribution in [0.3, 0.4) is 0 Å². The molecule has 0 fully saturated rings. The molecule has 0 aliphatic rings. The molecule has 0 aliphatic carbocycles. The fourth-order valence-corrected chi connectivity index (χ4v) is 12.2. The van der Waals surface area contributed by atoms with E-state index in [9.17, 15) is 5.11 Å². The number of imidazole rings is 2. The Hall–Kier alpha value is -7.99. The summed E-state index contributed by atoms with van der Waals surface area (Å²) in [6.07, 6.45) is 0. The SMILES string of the molecule is CC(C)c1cccc(C(C)C)c1-n1c(-c2[c-]c(-c3cccc4c3nc(-c3cc(C(C)(C)C)cc(C(C)(C)C)c3O)n4-c3ccccc3-c3ccccc3)cc(C(C)(C)C)c2)nc2ccc3c(oc4ccc5oc6ccccc6c5c43)c21.[Pt]. The van der Waals surface area contributed by atoms with Crippen LogP contribution >= 0.6 is 0 Å². The topological polar surface area (TPSA) is 82.1 Å². The minimum atomic E-state index is -0.359. The van der Waals surface area contributed by atoms with Gasteiger partial charge in [-0.25, -0.2) is 4.98 Å². The molecule has 7 nitrogen and oxygen atoms in total. The molecule has 0 saturated heterocycles. The van der Waals surface area contributed by atoms with Gasteiger partial charge in [-0.2, -0.15) is 0 Å². The standard InChI is InChI=1S/C74H69N4O3.Pt/c1-42(2)49-27-21-28-50(43(3)4)66(49)78-67-57(34-33-54-64-62(81-69(54)67)36-35-61-63(64)53-26-18-20-32-60(53)80-61)75-70(78)46-37-45(38-47(39-46)72(5,6)7)52-29-22-31-59-65(52)76-71(55-40-48(73(8,9)10)41-56(68(55)79)74(11,12)13)77(59)58-30-19-17-25-51(58)44-23-15-14-16-24-44;/h14-36,38-43,79H,1-13H3;/q-1;. The third-order valence-corrected chi connectivity index (χ3v) is 16.5. The van der Waals surface area contributed by atoms with Crippen molar-refractivity contribution in [3.63, 3.8) is 0 Å². The molecule has 82 heavy (non-hydrogen) atoms. The maximum absolute atomic E-state index is 12.7. The van der Waals surface area contributed by atoms with Gasteiger partial charge in [0, 0.05) is 59.4 Å². The van der Waals surface area contributed by atoms with Gasteiger partial charge in [0.15, 0.2) is 5.58 Å². The number of hydrogen-bond donors (Lipinski definition) is 1. The van der Waals surface area contributed by atoms with Crippen LogP contribution in [-0.4, -0.2) is 24.2 Å². The summed E-state index contributed by atoms with van der Waals surface area (Å²) in [5.74, 6) is 2.04. The number of para-hydroxylation sites is 4. The fourth-order valence-electron chi connectivity index (χ4n) is 12.2. The molecule has 0 unspecified atom stereocenters. The zero-order valence-electron chi connectivity index (χ0n) is 49.1. The second-order valence-electron chi connectivity index (χ2n) is 25.9. The molecule has 13 rings (SSSR count). The van der Waals surface area contributed by atoms with Gasteiger partial charge < -0.3 is 18.5 Å². The van der Waals surface area contributed by atoms with Crippen molar-refractivity contribution in [2.24, 2.45) is 0 Å². The van der Waals surface area contributed by atoms with Crippen LogP contribution in [0.25, 0.3) is 122 Å². The molecule has 8 heteroatoms. The van der Waals surface area contributed by atoms with Crippen molar-refractivity contribution >= 4 is 65.9 Å². The molecule has 0 amide bonds. The number of fused-ring (bicyclic) bond motifs is 10. The van der Waals surface area contributed by atoms with Gasteiger partial charge in [0.2, 0.25) is 0 Å². The van der Waals surface area contributed by atoms with Gasteiger partial charge in [-0.3, -0.25) is 9.55 Å². The number of hydrogen-bond acceptors (Lipinski definition) is 5. The molecule has 1 N–H and O–H groups in total. The first kappa shape index (κ1) is 54.6. The van der Waals surface area contributed by atoms with E-state index < -0.39 is 0 Å². The third-order valence-electron chi connectivity index (χ3n) is 16.5. The number of phenolic OH excluding ortho intramolecular Hbond substituents is 1. The molecule has 9 aromatic carbocycles. The van der Waals surface area contributed by atoms with Crippen LogP contribution in [0.15, 0.2) is 173 Å². The number of phenols is 1. The molecule has 0 saturated carbocycles. The van der Waals surface area contributed by atoms with Crippen molar-refractivity contribution in [2.75, 3.05) is 0 Å². The van der Waals surface area contributed by atoms with Gasteiger partial charge in [0.1, 0.15) is 33.8 Å². The Bertz CT molecular complexity index is 4630. The number of rotatable bonds is 8. The number of nitrogens with zero attached hydrogens (tertiary/aromatic N) is 4. The van der Waals surface area contributed by atoms with Crippen LogP contribution in [0.2, 0.25) is 0 Å². The second kappa shape index (κ2) is 19.9. The Morgan fingerprint density at radius 2 is 1.11 bits per heavy atom. The molecule has 4 heterocycles. The molecule has 13 aromatic rings. The predicted octanol–water partition coefficient (Wildman–Crippen LogP) is 20.5. The third kappa shape index (κ3) is 8.90. The van der Waals surface area contributed by atoms with E-state index in [2.05, 4.69) is 245 Å². The summed E-state index contributed by atoms with van der Waals surface area (Å²) >= 11 is 0. The zero-order valence-corrected chi connectivity index (χ0v) is 51.4. The van der Waals surface area contributed by atoms with Gasteiger partial charge in [0.05, 0.1) is 33.6 Å². The Morgan fingerprint density at radius 3 is 1.80 bits per heavy atom. The quantitative estimate of drug-likeness (QED) is 0.153. The summed E-state index contributed by atoms with van der Waals surface area (Å²) < 4.78 is 18.3. The van der Waals surface area contributed by atoms with Crippen LogP contribution in [0.4, 0.5) is 0 Å². The molecule has 414 valence electrons. The van der Waals surface area contributed by atoms with E-state index in [1.807, 2.05) is 24.3 Å². The number of aromatic hydroxyl groups is 1. The Balaban J connectivity index is 0.00000665. The van der Waals surface area contributed by atoms with E-state index in [1.165, 1.54) is 11.1 Å². The van der Waals surface area contributed by atoms with Crippen LogP contribution in [0.5, 0.6) is 5.75 Å². The molecule has 0 aliphatic heterocycles. The van der Waals surface area contributed by atoms with Gasteiger partial charge in [-0.05, 0) is 98.9 Å². The predicted molar refractivity (Wildman–Crippen MR) is 337 cm³/mol. The number of benzene rings is 9. The Morgan fingerprint density at radius 1 is 0.500 bits per heavy atom. The van der Waals surface area contributed by atoms with Gasteiger partial charge in [-0.15, -0.1) is 29.3 Å². The van der Waals surface area contributed by atoms with Crippen LogP contribution in [0, 0.1) is 6.07 Å². The van der Waals surface area contributed by atoms with Gasteiger partial charge >= 0.3 is 0 Å². The van der Waals surface area contributed by atoms with E-state index in [0.29, 0.717) is 11.4 Å². The van der Waals surface area contributed by atoms with Crippen molar-refractivity contribution in [3.05, 3.63) is 198 Å². The summed E-state index contributed by atoms with van der Waals surface area (Å²) in [5, 5.41) is 16.9. The van der Waals surface area contributed by atoms with Crippen molar-refractivity contribution in [2.45, 2.75) is 118 Å². The average Bonchev–Trinajstić information content (AvgIpc) is 2.63. The second-order valence-corrected chi connectivity index (χ2v) is 25.9. The van der Waals surface area contributed by atoms with E-state index >= 15 is 0 Å². The first-order valence-electron chi connectivity index (χ1n) is 28.6. The maximum Gasteiger partial charge on any atom is 0.161 e. The van der Waals surface area contributed by atoms with Crippen molar-refractivity contribution < 1.29 is 35.0 Å². The summed E-state index contributed by atoms with van der Waals surface area (Å²) in [7, 11) is 0. The number of aromatic nitrogens is 4. The largest absolute Gasteiger partial charge is 0.507 e. The normalized spacial score (nSPS) is 12.6. The first-order valence-corrected chi connectivity index (χ1v) is 28.6. The Kier molecular flexibility index (Phi) is 13.2. The molecular weight excluding hydrogens is 1190 g/mol. The van der Waals surface area contributed by atoms with E-state index in [1.54, 1.807) is 0 Å². The van der Waals surface area contributed by atoms with Crippen molar-refractivity contribution in [1.82, 2.24) is 19.1 Å². The molecular formula is C74H69N4O3Pt-. The van der Waals surface area contributed by atoms with Crippen molar-refractivity contribution in [1.29, 1.82) is 0 Å². The summed E-state index contributed by atoms with van der Waals surface area (Å²) in [4.78, 5) is 11.5. The summed E-state index contributed by atoms with van der Waals surface area (Å²) in [5.41, 5.74) is 18.9. The number of furan rings is 2. The molecule has 0 radical (unpaired) electrons. The van der Waals surface area contributed by atoms with Crippen LogP contribution in [0.1, 0.15) is 130 Å². The fraction of sp³-hybridized carbons (Fsp3) is 0.243. The summed E-state index contributed by atoms with van der Waals surface area (Å²) in [6.45, 7) is 29.1.